The van der Waals surface area contributed by atoms with E-state index in [0.717, 1.165) is 18.9 Å². The van der Waals surface area contributed by atoms with Crippen molar-refractivity contribution in [1.29, 1.82) is 0 Å². The molecule has 1 rings (SSSR count). The smallest absolute Gasteiger partial charge is 0.285 e. The van der Waals surface area contributed by atoms with Crippen molar-refractivity contribution in [3.05, 3.63) is 33.6 Å². The SMILES string of the molecule is CCCCN(C)C(=O)c1cc(NCC)c(F)cc1[N+](=O)[O-]. The van der Waals surface area contributed by atoms with E-state index in [1.54, 1.807) is 14.0 Å². The van der Waals surface area contributed by atoms with Gasteiger partial charge >= 0.3 is 0 Å². The van der Waals surface area contributed by atoms with Gasteiger partial charge in [0.15, 0.2) is 5.82 Å². The molecular formula is C14H20FN3O3. The molecule has 1 amide bonds. The molecule has 0 heterocycles. The van der Waals surface area contributed by atoms with Gasteiger partial charge in [0.2, 0.25) is 0 Å². The first-order valence-corrected chi connectivity index (χ1v) is 6.89. The number of anilines is 1. The third kappa shape index (κ3) is 4.14. The number of nitro groups is 1. The van der Waals surface area contributed by atoms with Crippen LogP contribution in [0, 0.1) is 15.9 Å². The van der Waals surface area contributed by atoms with Gasteiger partial charge in [-0.3, -0.25) is 14.9 Å². The van der Waals surface area contributed by atoms with E-state index in [1.165, 1.54) is 11.0 Å². The quantitative estimate of drug-likeness (QED) is 0.620. The van der Waals surface area contributed by atoms with Gasteiger partial charge in [-0.25, -0.2) is 4.39 Å². The lowest BCUT2D eigenvalue weighted by Crippen LogP contribution is -2.28. The first kappa shape index (κ1) is 16.9. The molecule has 0 aliphatic heterocycles. The predicted octanol–water partition coefficient (Wildman–Crippen LogP) is 3.04. The second kappa shape index (κ2) is 7.56. The van der Waals surface area contributed by atoms with E-state index in [-0.39, 0.29) is 11.3 Å². The zero-order valence-electron chi connectivity index (χ0n) is 12.5. The summed E-state index contributed by atoms with van der Waals surface area (Å²) in [7, 11) is 1.58. The van der Waals surface area contributed by atoms with Gasteiger partial charge in [-0.05, 0) is 19.4 Å². The molecule has 21 heavy (non-hydrogen) atoms. The van der Waals surface area contributed by atoms with Crippen LogP contribution in [0.3, 0.4) is 0 Å². The maximum Gasteiger partial charge on any atom is 0.285 e. The highest BCUT2D eigenvalue weighted by molar-refractivity contribution is 5.99. The second-order valence-corrected chi connectivity index (χ2v) is 4.72. The van der Waals surface area contributed by atoms with Crippen LogP contribution < -0.4 is 5.32 Å². The van der Waals surface area contributed by atoms with E-state index in [0.29, 0.717) is 13.1 Å². The number of hydrogen-bond donors (Lipinski definition) is 1. The van der Waals surface area contributed by atoms with Gasteiger partial charge in [-0.15, -0.1) is 0 Å². The van der Waals surface area contributed by atoms with Gasteiger partial charge in [0.1, 0.15) is 5.56 Å². The van der Waals surface area contributed by atoms with Gasteiger partial charge in [-0.1, -0.05) is 13.3 Å². The third-order valence-electron chi connectivity index (χ3n) is 3.07. The molecule has 1 N–H and O–H groups in total. The van der Waals surface area contributed by atoms with E-state index in [1.807, 2.05) is 6.92 Å². The summed E-state index contributed by atoms with van der Waals surface area (Å²) >= 11 is 0. The summed E-state index contributed by atoms with van der Waals surface area (Å²) in [6.07, 6.45) is 1.71. The lowest BCUT2D eigenvalue weighted by Gasteiger charge is -2.17. The molecule has 6 nitrogen and oxygen atoms in total. The van der Waals surface area contributed by atoms with Crippen LogP contribution in [0.2, 0.25) is 0 Å². The lowest BCUT2D eigenvalue weighted by molar-refractivity contribution is -0.385. The van der Waals surface area contributed by atoms with Gasteiger partial charge in [0, 0.05) is 20.1 Å². The first-order valence-electron chi connectivity index (χ1n) is 6.89. The van der Waals surface area contributed by atoms with Crippen molar-refractivity contribution in [2.24, 2.45) is 0 Å². The predicted molar refractivity (Wildman–Crippen MR) is 79.1 cm³/mol. The number of halogens is 1. The van der Waals surface area contributed by atoms with Crippen LogP contribution in [0.4, 0.5) is 15.8 Å². The van der Waals surface area contributed by atoms with Crippen LogP contribution in [-0.2, 0) is 0 Å². The van der Waals surface area contributed by atoms with Crippen LogP contribution >= 0.6 is 0 Å². The molecule has 0 bridgehead atoms. The average molecular weight is 297 g/mol. The van der Waals surface area contributed by atoms with Crippen LogP contribution in [0.1, 0.15) is 37.0 Å². The molecule has 0 atom stereocenters. The summed E-state index contributed by atoms with van der Waals surface area (Å²) < 4.78 is 13.8. The Labute approximate surface area is 123 Å². The molecule has 0 saturated heterocycles. The molecule has 0 unspecified atom stereocenters. The minimum atomic E-state index is -0.740. The highest BCUT2D eigenvalue weighted by Gasteiger charge is 2.25. The standard InChI is InChI=1S/C14H20FN3O3/c1-4-6-7-17(3)14(19)10-8-12(16-5-2)11(15)9-13(10)18(20)21/h8-9,16H,4-7H2,1-3H3. The van der Waals surface area contributed by atoms with E-state index in [4.69, 9.17) is 0 Å². The largest absolute Gasteiger partial charge is 0.383 e. The van der Waals surface area contributed by atoms with Crippen molar-refractivity contribution in [2.45, 2.75) is 26.7 Å². The van der Waals surface area contributed by atoms with Crippen molar-refractivity contribution < 1.29 is 14.1 Å². The van der Waals surface area contributed by atoms with Crippen molar-refractivity contribution in [3.8, 4) is 0 Å². The minimum absolute atomic E-state index is 0.0929. The average Bonchev–Trinajstić information content (AvgIpc) is 2.45. The topological polar surface area (TPSA) is 75.5 Å². The van der Waals surface area contributed by atoms with Gasteiger partial charge in [0.05, 0.1) is 16.7 Å². The molecule has 0 aliphatic rings. The third-order valence-corrected chi connectivity index (χ3v) is 3.07. The molecule has 0 aromatic heterocycles. The molecule has 0 saturated carbocycles. The minimum Gasteiger partial charge on any atom is -0.383 e. The lowest BCUT2D eigenvalue weighted by atomic mass is 10.1. The fourth-order valence-electron chi connectivity index (χ4n) is 1.91. The molecular weight excluding hydrogens is 277 g/mol. The van der Waals surface area contributed by atoms with Crippen molar-refractivity contribution in [1.82, 2.24) is 4.90 Å². The molecule has 0 fully saturated rings. The van der Waals surface area contributed by atoms with Crippen LogP contribution in [0.25, 0.3) is 0 Å². The number of nitro benzene ring substituents is 1. The number of rotatable bonds is 7. The Morgan fingerprint density at radius 3 is 2.62 bits per heavy atom. The normalized spacial score (nSPS) is 10.3. The van der Waals surface area contributed by atoms with Gasteiger partial charge in [0.25, 0.3) is 11.6 Å². The number of unbranched alkanes of at least 4 members (excludes halogenated alkanes) is 1. The Morgan fingerprint density at radius 1 is 1.43 bits per heavy atom. The van der Waals surface area contributed by atoms with Gasteiger partial charge in [-0.2, -0.15) is 0 Å². The number of carbonyl (C=O) groups excluding carboxylic acids is 1. The Balaban J connectivity index is 3.21. The van der Waals surface area contributed by atoms with Gasteiger partial charge < -0.3 is 10.2 Å². The molecule has 7 heteroatoms. The second-order valence-electron chi connectivity index (χ2n) is 4.72. The van der Waals surface area contributed by atoms with Crippen molar-refractivity contribution >= 4 is 17.3 Å². The Hall–Kier alpha value is -2.18. The maximum atomic E-state index is 13.8. The molecule has 0 radical (unpaired) electrons. The van der Waals surface area contributed by atoms with E-state index in [9.17, 15) is 19.3 Å². The molecule has 1 aromatic carbocycles. The Kier molecular flexibility index (Phi) is 6.08. The van der Waals surface area contributed by atoms with E-state index in [2.05, 4.69) is 5.32 Å². The van der Waals surface area contributed by atoms with E-state index < -0.39 is 22.3 Å². The highest BCUT2D eigenvalue weighted by atomic mass is 19.1. The molecule has 0 aliphatic carbocycles. The first-order chi connectivity index (χ1) is 9.92. The van der Waals surface area contributed by atoms with Crippen LogP contribution in [-0.4, -0.2) is 35.9 Å². The van der Waals surface area contributed by atoms with Crippen molar-refractivity contribution in [3.63, 3.8) is 0 Å². The summed E-state index contributed by atoms with van der Waals surface area (Å²) in [5.41, 5.74) is -0.520. The van der Waals surface area contributed by atoms with E-state index >= 15 is 0 Å². The Bertz CT molecular complexity index is 534. The highest BCUT2D eigenvalue weighted by Crippen LogP contribution is 2.27. The Morgan fingerprint density at radius 2 is 2.10 bits per heavy atom. The number of amides is 1. The molecule has 116 valence electrons. The summed E-state index contributed by atoms with van der Waals surface area (Å²) in [4.78, 5) is 24.0. The number of carbonyl (C=O) groups is 1. The monoisotopic (exact) mass is 297 g/mol. The zero-order valence-corrected chi connectivity index (χ0v) is 12.5. The zero-order chi connectivity index (χ0) is 16.0. The fourth-order valence-corrected chi connectivity index (χ4v) is 1.91. The molecule has 1 aromatic rings. The van der Waals surface area contributed by atoms with Crippen LogP contribution in [0.5, 0.6) is 0 Å². The number of nitrogens with one attached hydrogen (secondary N) is 1. The molecule has 0 spiro atoms. The summed E-state index contributed by atoms with van der Waals surface area (Å²) in [5, 5.41) is 13.8. The van der Waals surface area contributed by atoms with Crippen molar-refractivity contribution in [2.75, 3.05) is 25.5 Å². The number of nitrogens with zero attached hydrogens (tertiary/aromatic N) is 2. The maximum absolute atomic E-state index is 13.8. The number of benzene rings is 1. The number of hydrogen-bond acceptors (Lipinski definition) is 4. The fraction of sp³-hybridized carbons (Fsp3) is 0.500. The summed E-state index contributed by atoms with van der Waals surface area (Å²) in [6, 6.07) is 2.00. The summed E-state index contributed by atoms with van der Waals surface area (Å²) in [6.45, 7) is 4.71. The van der Waals surface area contributed by atoms with Crippen LogP contribution in [0.15, 0.2) is 12.1 Å². The summed E-state index contributed by atoms with van der Waals surface area (Å²) in [5.74, 6) is -1.22.